The van der Waals surface area contributed by atoms with Gasteiger partial charge in [0.15, 0.2) is 11.9 Å². The first kappa shape index (κ1) is 26.0. The first-order chi connectivity index (χ1) is 17.1. The molecule has 4 rings (SSSR count). The molecule has 0 radical (unpaired) electrons. The quantitative estimate of drug-likeness (QED) is 0.300. The van der Waals surface area contributed by atoms with Crippen LogP contribution in [0.3, 0.4) is 0 Å². The molecule has 1 fully saturated rings. The maximum absolute atomic E-state index is 13.7. The molecule has 3 heterocycles. The maximum atomic E-state index is 13.7. The predicted octanol–water partition coefficient (Wildman–Crippen LogP) is 3.47. The first-order valence-electron chi connectivity index (χ1n) is 11.7. The Hall–Kier alpha value is -3.05. The molecule has 2 unspecified atom stereocenters. The normalized spacial score (nSPS) is 22.4. The number of nitrogens with two attached hydrogens (primary N) is 1. The minimum atomic E-state index is -3.98. The van der Waals surface area contributed by atoms with Crippen molar-refractivity contribution in [3.05, 3.63) is 42.9 Å². The van der Waals surface area contributed by atoms with Crippen molar-refractivity contribution in [3.63, 3.8) is 0 Å². The number of esters is 1. The minimum Gasteiger partial charge on any atom is -0.462 e. The van der Waals surface area contributed by atoms with E-state index in [1.54, 1.807) is 55.1 Å². The summed E-state index contributed by atoms with van der Waals surface area (Å²) in [5.41, 5.74) is 6.49. The minimum absolute atomic E-state index is 0.0414. The highest BCUT2D eigenvalue weighted by atomic mass is 31.2. The van der Waals surface area contributed by atoms with Crippen molar-refractivity contribution in [1.29, 1.82) is 0 Å². The van der Waals surface area contributed by atoms with Crippen molar-refractivity contribution in [2.24, 2.45) is 5.92 Å². The molecule has 2 aromatic heterocycles. The van der Waals surface area contributed by atoms with Crippen LogP contribution in [-0.4, -0.2) is 50.6 Å². The summed E-state index contributed by atoms with van der Waals surface area (Å²) in [7, 11) is -3.98. The average molecular weight is 519 g/mol. The van der Waals surface area contributed by atoms with Crippen LogP contribution in [0.5, 0.6) is 5.75 Å². The number of nitrogens with one attached hydrogen (secondary N) is 1. The van der Waals surface area contributed by atoms with Crippen LogP contribution >= 0.6 is 7.75 Å². The van der Waals surface area contributed by atoms with Crippen LogP contribution in [0.4, 0.5) is 5.82 Å². The highest BCUT2D eigenvalue weighted by Crippen LogP contribution is 2.46. The van der Waals surface area contributed by atoms with Gasteiger partial charge in [0.1, 0.15) is 23.9 Å². The second-order valence-electron chi connectivity index (χ2n) is 8.98. The lowest BCUT2D eigenvalue weighted by Crippen LogP contribution is -2.36. The molecule has 1 aliphatic heterocycles. The number of carbonyl (C=O) groups is 1. The first-order valence-corrected chi connectivity index (χ1v) is 13.3. The molecule has 13 heteroatoms. The van der Waals surface area contributed by atoms with E-state index in [9.17, 15) is 9.36 Å². The second-order valence-corrected chi connectivity index (χ2v) is 10.7. The Bertz CT molecular complexity index is 1240. The number of hydrogen-bond acceptors (Lipinski definition) is 10. The van der Waals surface area contributed by atoms with Gasteiger partial charge in [-0.05, 0) is 39.3 Å². The molecule has 0 amide bonds. The van der Waals surface area contributed by atoms with Crippen LogP contribution in [0.25, 0.3) is 11.0 Å². The van der Waals surface area contributed by atoms with E-state index in [4.69, 9.17) is 24.3 Å². The topological polar surface area (TPSA) is 153 Å². The molecule has 0 spiro atoms. The fourth-order valence-corrected chi connectivity index (χ4v) is 5.43. The van der Waals surface area contributed by atoms with Gasteiger partial charge in [-0.1, -0.05) is 25.1 Å². The third-order valence-electron chi connectivity index (χ3n) is 5.57. The number of nitrogen functional groups attached to an aromatic ring is 1. The molecule has 1 saturated heterocycles. The SMILES string of the molecule is CC(C)OC(=O)C(C)NP(=O)(OC[C@@H]1C[C@H](C)[C@H](n2ncc3c(N)ncnc32)O1)Oc1ccccc1. The number of para-hydroxylation sites is 1. The number of ether oxygens (including phenoxy) is 2. The molecule has 12 nitrogen and oxygen atoms in total. The maximum Gasteiger partial charge on any atom is 0.459 e. The van der Waals surface area contributed by atoms with Crippen molar-refractivity contribution in [2.45, 2.75) is 58.6 Å². The molecule has 5 atom stereocenters. The Morgan fingerprint density at radius 2 is 2.03 bits per heavy atom. The monoisotopic (exact) mass is 518 g/mol. The summed E-state index contributed by atoms with van der Waals surface area (Å²) < 4.78 is 38.2. The van der Waals surface area contributed by atoms with E-state index >= 15 is 0 Å². The number of carbonyl (C=O) groups excluding carboxylic acids is 1. The van der Waals surface area contributed by atoms with Gasteiger partial charge in [0.05, 0.1) is 30.4 Å². The molecule has 194 valence electrons. The number of aromatic nitrogens is 4. The van der Waals surface area contributed by atoms with E-state index in [0.29, 0.717) is 29.0 Å². The standard InChI is InChI=1S/C23H31N6O6P/c1-14(2)33-23(30)16(4)28-36(31,35-17-8-6-5-7-9-17)32-12-18-10-15(3)22(34-18)29-21-19(11-27-29)20(24)25-13-26-21/h5-9,11,13-16,18,22H,10,12H2,1-4H3,(H,28,31)(H2,24,25,26)/t15-,16?,18-,22+,36?/m0/s1. The lowest BCUT2D eigenvalue weighted by atomic mass is 10.1. The van der Waals surface area contributed by atoms with Crippen molar-refractivity contribution in [1.82, 2.24) is 24.8 Å². The fourth-order valence-electron chi connectivity index (χ4n) is 3.91. The average Bonchev–Trinajstić information content (AvgIpc) is 3.41. The summed E-state index contributed by atoms with van der Waals surface area (Å²) in [4.78, 5) is 20.6. The molecule has 36 heavy (non-hydrogen) atoms. The molecule has 1 aliphatic rings. The van der Waals surface area contributed by atoms with Crippen molar-refractivity contribution in [2.75, 3.05) is 12.3 Å². The molecular formula is C23H31N6O6P. The Labute approximate surface area is 209 Å². The molecular weight excluding hydrogens is 487 g/mol. The zero-order valence-corrected chi connectivity index (χ0v) is 21.5. The summed E-state index contributed by atoms with van der Waals surface area (Å²) >= 11 is 0. The van der Waals surface area contributed by atoms with Gasteiger partial charge < -0.3 is 19.7 Å². The van der Waals surface area contributed by atoms with Gasteiger partial charge in [0.25, 0.3) is 0 Å². The number of anilines is 1. The lowest BCUT2D eigenvalue weighted by Gasteiger charge is -2.24. The van der Waals surface area contributed by atoms with E-state index in [2.05, 4.69) is 20.2 Å². The van der Waals surface area contributed by atoms with Crippen LogP contribution < -0.4 is 15.3 Å². The van der Waals surface area contributed by atoms with Gasteiger partial charge in [0, 0.05) is 5.92 Å². The largest absolute Gasteiger partial charge is 0.462 e. The number of hydrogen-bond donors (Lipinski definition) is 2. The predicted molar refractivity (Wildman–Crippen MR) is 132 cm³/mol. The lowest BCUT2D eigenvalue weighted by molar-refractivity contribution is -0.149. The number of benzene rings is 1. The summed E-state index contributed by atoms with van der Waals surface area (Å²) in [6.07, 6.45) is 2.45. The van der Waals surface area contributed by atoms with Gasteiger partial charge >= 0.3 is 13.7 Å². The van der Waals surface area contributed by atoms with Gasteiger partial charge in [-0.25, -0.2) is 19.2 Å². The van der Waals surface area contributed by atoms with Crippen LogP contribution in [-0.2, 0) is 23.4 Å². The van der Waals surface area contributed by atoms with E-state index in [1.807, 2.05) is 6.92 Å². The van der Waals surface area contributed by atoms with Crippen LogP contribution in [0.1, 0.15) is 40.3 Å². The molecule has 0 bridgehead atoms. The number of rotatable bonds is 10. The van der Waals surface area contributed by atoms with Crippen LogP contribution in [0.15, 0.2) is 42.9 Å². The molecule has 0 saturated carbocycles. The van der Waals surface area contributed by atoms with Crippen LogP contribution in [0.2, 0.25) is 0 Å². The molecule has 0 aliphatic carbocycles. The summed E-state index contributed by atoms with van der Waals surface area (Å²) in [6, 6.07) is 7.66. The zero-order chi connectivity index (χ0) is 25.9. The molecule has 3 N–H and O–H groups in total. The second kappa shape index (κ2) is 10.9. The van der Waals surface area contributed by atoms with Gasteiger partial charge in [-0.15, -0.1) is 0 Å². The number of nitrogens with zero attached hydrogens (tertiary/aromatic N) is 4. The van der Waals surface area contributed by atoms with Crippen molar-refractivity contribution in [3.8, 4) is 5.75 Å². The Morgan fingerprint density at radius 1 is 1.28 bits per heavy atom. The van der Waals surface area contributed by atoms with Gasteiger partial charge in [-0.2, -0.15) is 10.2 Å². The van der Waals surface area contributed by atoms with E-state index in [-0.39, 0.29) is 18.6 Å². The smallest absolute Gasteiger partial charge is 0.459 e. The highest BCUT2D eigenvalue weighted by Gasteiger charge is 2.39. The van der Waals surface area contributed by atoms with Gasteiger partial charge in [0.2, 0.25) is 0 Å². The van der Waals surface area contributed by atoms with E-state index < -0.39 is 32.1 Å². The summed E-state index contributed by atoms with van der Waals surface area (Å²) in [6.45, 7) is 6.99. The Kier molecular flexibility index (Phi) is 7.89. The van der Waals surface area contributed by atoms with E-state index in [1.165, 1.54) is 13.3 Å². The third kappa shape index (κ3) is 6.01. The van der Waals surface area contributed by atoms with Crippen molar-refractivity contribution >= 4 is 30.6 Å². The van der Waals surface area contributed by atoms with E-state index in [0.717, 1.165) is 0 Å². The number of fused-ring (bicyclic) bond motifs is 1. The Morgan fingerprint density at radius 3 is 2.75 bits per heavy atom. The van der Waals surface area contributed by atoms with Gasteiger partial charge in [-0.3, -0.25) is 9.32 Å². The highest BCUT2D eigenvalue weighted by molar-refractivity contribution is 7.52. The summed E-state index contributed by atoms with van der Waals surface area (Å²) in [5.74, 6) is 0.159. The molecule has 3 aromatic rings. The molecule has 1 aromatic carbocycles. The van der Waals surface area contributed by atoms with Crippen LogP contribution in [0, 0.1) is 5.92 Å². The third-order valence-corrected chi connectivity index (χ3v) is 7.22. The fraction of sp³-hybridized carbons (Fsp3) is 0.478. The van der Waals surface area contributed by atoms with Crippen molar-refractivity contribution < 1.29 is 27.9 Å². The summed E-state index contributed by atoms with van der Waals surface area (Å²) in [5, 5.41) is 7.72. The zero-order valence-electron chi connectivity index (χ0n) is 20.6. The Balaban J connectivity index is 1.46.